The van der Waals surface area contributed by atoms with Gasteiger partial charge in [0.15, 0.2) is 5.76 Å². The Bertz CT molecular complexity index is 821. The van der Waals surface area contributed by atoms with E-state index in [0.717, 1.165) is 5.39 Å². The van der Waals surface area contributed by atoms with Crippen molar-refractivity contribution < 1.29 is 22.7 Å². The van der Waals surface area contributed by atoms with Gasteiger partial charge in [-0.25, -0.2) is 0 Å². The first-order chi connectivity index (χ1) is 11.9. The second kappa shape index (κ2) is 6.89. The van der Waals surface area contributed by atoms with Gasteiger partial charge in [-0.2, -0.15) is 18.3 Å². The second-order valence-corrected chi connectivity index (χ2v) is 5.90. The van der Waals surface area contributed by atoms with Gasteiger partial charge in [-0.3, -0.25) is 4.68 Å². The van der Waals surface area contributed by atoms with E-state index in [2.05, 4.69) is 10.4 Å². The maximum Gasteiger partial charge on any atom is 0.390 e. The molecule has 0 aliphatic rings. The van der Waals surface area contributed by atoms with Gasteiger partial charge in [0.05, 0.1) is 13.0 Å². The Labute approximate surface area is 142 Å². The van der Waals surface area contributed by atoms with Crippen LogP contribution in [0.1, 0.15) is 12.0 Å². The predicted octanol–water partition coefficient (Wildman–Crippen LogP) is 3.24. The molecule has 5 nitrogen and oxygen atoms in total. The molecular weight excluding hydrogens is 335 g/mol. The van der Waals surface area contributed by atoms with Crippen molar-refractivity contribution in [3.8, 4) is 11.5 Å². The van der Waals surface area contributed by atoms with Crippen LogP contribution < -0.4 is 5.32 Å². The standard InChI is InChI=1S/C17H18F3N3O2/c1-23-9-12(8-21-13(10-24)7-17(18,19)20)16(22-23)15-6-11-4-2-3-5-14(11)25-15/h2-6,9,13,21,24H,7-8,10H2,1H3. The SMILES string of the molecule is Cn1cc(CNC(CO)CC(F)(F)F)c(-c2cc3ccccc3o2)n1. The molecule has 3 rings (SSSR count). The summed E-state index contributed by atoms with van der Waals surface area (Å²) in [6, 6.07) is 8.29. The van der Waals surface area contributed by atoms with Gasteiger partial charge in [0.2, 0.25) is 0 Å². The van der Waals surface area contributed by atoms with Crippen LogP contribution in [0.4, 0.5) is 13.2 Å². The molecule has 25 heavy (non-hydrogen) atoms. The Balaban J connectivity index is 1.81. The molecule has 3 aromatic rings. The molecule has 0 amide bonds. The lowest BCUT2D eigenvalue weighted by molar-refractivity contribution is -0.142. The lowest BCUT2D eigenvalue weighted by atomic mass is 10.1. The molecule has 0 aliphatic heterocycles. The highest BCUT2D eigenvalue weighted by atomic mass is 19.4. The molecule has 0 radical (unpaired) electrons. The molecule has 0 bridgehead atoms. The second-order valence-electron chi connectivity index (χ2n) is 5.90. The van der Waals surface area contributed by atoms with Gasteiger partial charge < -0.3 is 14.8 Å². The van der Waals surface area contributed by atoms with Crippen LogP contribution in [0, 0.1) is 0 Å². The average molecular weight is 353 g/mol. The van der Waals surface area contributed by atoms with Gasteiger partial charge in [-0.1, -0.05) is 18.2 Å². The fourth-order valence-corrected chi connectivity index (χ4v) is 2.71. The summed E-state index contributed by atoms with van der Waals surface area (Å²) in [6.07, 6.45) is -3.71. The topological polar surface area (TPSA) is 63.2 Å². The highest BCUT2D eigenvalue weighted by molar-refractivity contribution is 5.82. The third-order valence-corrected chi connectivity index (χ3v) is 3.84. The first-order valence-corrected chi connectivity index (χ1v) is 7.78. The Morgan fingerprint density at radius 1 is 1.32 bits per heavy atom. The summed E-state index contributed by atoms with van der Waals surface area (Å²) in [5.41, 5.74) is 1.98. The van der Waals surface area contributed by atoms with Crippen molar-refractivity contribution in [3.63, 3.8) is 0 Å². The molecule has 1 atom stereocenters. The van der Waals surface area contributed by atoms with Gasteiger partial charge in [0.25, 0.3) is 0 Å². The Morgan fingerprint density at radius 3 is 2.76 bits per heavy atom. The van der Waals surface area contributed by atoms with Crippen LogP contribution in [0.25, 0.3) is 22.4 Å². The lowest BCUT2D eigenvalue weighted by Gasteiger charge is -2.17. The maximum absolute atomic E-state index is 12.5. The minimum Gasteiger partial charge on any atom is -0.454 e. The number of rotatable bonds is 6. The Hall–Kier alpha value is -2.32. The van der Waals surface area contributed by atoms with Gasteiger partial charge in [-0.15, -0.1) is 0 Å². The normalized spacial score (nSPS) is 13.5. The molecule has 0 saturated carbocycles. The van der Waals surface area contributed by atoms with Crippen LogP contribution in [-0.2, 0) is 13.6 Å². The van der Waals surface area contributed by atoms with Crippen LogP contribution in [-0.4, -0.2) is 33.7 Å². The summed E-state index contributed by atoms with van der Waals surface area (Å²) in [6.45, 7) is -0.457. The molecule has 2 aromatic heterocycles. The summed E-state index contributed by atoms with van der Waals surface area (Å²) < 4.78 is 44.9. The van der Waals surface area contributed by atoms with Crippen molar-refractivity contribution in [2.75, 3.05) is 6.61 Å². The molecule has 8 heteroatoms. The predicted molar refractivity (Wildman–Crippen MR) is 86.8 cm³/mol. The van der Waals surface area contributed by atoms with Crippen LogP contribution in [0.5, 0.6) is 0 Å². The van der Waals surface area contributed by atoms with Crippen molar-refractivity contribution >= 4 is 11.0 Å². The lowest BCUT2D eigenvalue weighted by Crippen LogP contribution is -2.36. The fourth-order valence-electron chi connectivity index (χ4n) is 2.71. The maximum atomic E-state index is 12.5. The number of fused-ring (bicyclic) bond motifs is 1. The molecule has 134 valence electrons. The van der Waals surface area contributed by atoms with Gasteiger partial charge in [0.1, 0.15) is 11.3 Å². The van der Waals surface area contributed by atoms with Crippen molar-refractivity contribution in [1.29, 1.82) is 0 Å². The number of aliphatic hydroxyl groups is 1. The third-order valence-electron chi connectivity index (χ3n) is 3.84. The molecule has 1 unspecified atom stereocenters. The van der Waals surface area contributed by atoms with E-state index in [0.29, 0.717) is 22.6 Å². The van der Waals surface area contributed by atoms with E-state index in [1.165, 1.54) is 0 Å². The van der Waals surface area contributed by atoms with E-state index >= 15 is 0 Å². The number of benzene rings is 1. The third kappa shape index (κ3) is 4.21. The van der Waals surface area contributed by atoms with Crippen molar-refractivity contribution in [2.45, 2.75) is 25.2 Å². The van der Waals surface area contributed by atoms with Gasteiger partial charge in [0, 0.05) is 36.8 Å². The average Bonchev–Trinajstić information content (AvgIpc) is 3.13. The van der Waals surface area contributed by atoms with Gasteiger partial charge in [-0.05, 0) is 12.1 Å². The zero-order valence-corrected chi connectivity index (χ0v) is 13.5. The molecule has 0 spiro atoms. The number of halogens is 3. The largest absolute Gasteiger partial charge is 0.454 e. The molecule has 0 aliphatic carbocycles. The van der Waals surface area contributed by atoms with Gasteiger partial charge >= 0.3 is 6.18 Å². The summed E-state index contributed by atoms with van der Waals surface area (Å²) in [7, 11) is 1.73. The molecule has 1 aromatic carbocycles. The fraction of sp³-hybridized carbons (Fsp3) is 0.353. The number of aromatic nitrogens is 2. The monoisotopic (exact) mass is 353 g/mol. The van der Waals surface area contributed by atoms with Crippen molar-refractivity contribution in [3.05, 3.63) is 42.1 Å². The van der Waals surface area contributed by atoms with E-state index in [4.69, 9.17) is 9.52 Å². The summed E-state index contributed by atoms with van der Waals surface area (Å²) >= 11 is 0. The number of furan rings is 1. The molecule has 2 N–H and O–H groups in total. The quantitative estimate of drug-likeness (QED) is 0.714. The number of nitrogens with one attached hydrogen (secondary N) is 1. The zero-order chi connectivity index (χ0) is 18.0. The van der Waals surface area contributed by atoms with Crippen LogP contribution in [0.3, 0.4) is 0 Å². The minimum atomic E-state index is -4.34. The number of hydrogen-bond donors (Lipinski definition) is 2. The van der Waals surface area contributed by atoms with Crippen LogP contribution in [0.15, 0.2) is 40.9 Å². The zero-order valence-electron chi connectivity index (χ0n) is 13.5. The smallest absolute Gasteiger partial charge is 0.390 e. The highest BCUT2D eigenvalue weighted by Crippen LogP contribution is 2.29. The minimum absolute atomic E-state index is 0.140. The van der Waals surface area contributed by atoms with Crippen molar-refractivity contribution in [2.24, 2.45) is 7.05 Å². The Kier molecular flexibility index (Phi) is 4.82. The summed E-state index contributed by atoms with van der Waals surface area (Å²) in [4.78, 5) is 0. The number of para-hydroxylation sites is 1. The first-order valence-electron chi connectivity index (χ1n) is 7.78. The van der Waals surface area contributed by atoms with E-state index in [-0.39, 0.29) is 6.54 Å². The van der Waals surface area contributed by atoms with E-state index in [1.54, 1.807) is 17.9 Å². The summed E-state index contributed by atoms with van der Waals surface area (Å²) in [5.74, 6) is 0.551. The van der Waals surface area contributed by atoms with E-state index in [1.807, 2.05) is 30.3 Å². The van der Waals surface area contributed by atoms with Crippen LogP contribution >= 0.6 is 0 Å². The summed E-state index contributed by atoms with van der Waals surface area (Å²) in [5, 5.41) is 17.2. The number of aliphatic hydroxyl groups excluding tert-OH is 1. The van der Waals surface area contributed by atoms with E-state index < -0.39 is 25.2 Å². The Morgan fingerprint density at radius 2 is 2.08 bits per heavy atom. The number of alkyl halides is 3. The number of aryl methyl sites for hydroxylation is 1. The molecule has 0 saturated heterocycles. The first kappa shape index (κ1) is 17.5. The number of nitrogens with zero attached hydrogens (tertiary/aromatic N) is 2. The molecule has 0 fully saturated rings. The molecular formula is C17H18F3N3O2. The molecule has 2 heterocycles. The highest BCUT2D eigenvalue weighted by Gasteiger charge is 2.31. The number of hydrogen-bond acceptors (Lipinski definition) is 4. The van der Waals surface area contributed by atoms with E-state index in [9.17, 15) is 13.2 Å². The van der Waals surface area contributed by atoms with Crippen LogP contribution in [0.2, 0.25) is 0 Å². The van der Waals surface area contributed by atoms with Crippen molar-refractivity contribution in [1.82, 2.24) is 15.1 Å².